The molecule has 7 nitrogen and oxygen atoms in total. The molecule has 33 heavy (non-hydrogen) atoms. The third-order valence-electron chi connectivity index (χ3n) is 5.86. The largest absolute Gasteiger partial charge is 0.473 e. The maximum atomic E-state index is 12.8. The van der Waals surface area contributed by atoms with Crippen molar-refractivity contribution in [2.24, 2.45) is 0 Å². The molecular weight excluding hydrogens is 414 g/mol. The van der Waals surface area contributed by atoms with Gasteiger partial charge in [0.15, 0.2) is 5.82 Å². The molecule has 0 saturated carbocycles. The van der Waals surface area contributed by atoms with Crippen molar-refractivity contribution in [1.82, 2.24) is 24.9 Å². The molecule has 0 spiro atoms. The highest BCUT2D eigenvalue weighted by molar-refractivity contribution is 5.79. The number of carbonyl (C=O) groups is 1. The van der Waals surface area contributed by atoms with Gasteiger partial charge in [0.05, 0.1) is 6.42 Å². The summed E-state index contributed by atoms with van der Waals surface area (Å²) in [6.45, 7) is 1.37. The Morgan fingerprint density at radius 2 is 1.64 bits per heavy atom. The van der Waals surface area contributed by atoms with Gasteiger partial charge in [-0.1, -0.05) is 54.6 Å². The number of hydrogen-bond acceptors (Lipinski definition) is 5. The SMILES string of the molecule is O=C(Cc1ccc(-c2ccccc2)cc1)N1CCC(Oc2ccc(-n3cccn3)nn2)CC1. The van der Waals surface area contributed by atoms with Crippen molar-refractivity contribution in [3.8, 4) is 22.8 Å². The highest BCUT2D eigenvalue weighted by Crippen LogP contribution is 2.21. The number of carbonyl (C=O) groups excluding carboxylic acids is 1. The molecule has 1 fully saturated rings. The Hall–Kier alpha value is -4.00. The van der Waals surface area contributed by atoms with Crippen LogP contribution in [0.15, 0.2) is 85.2 Å². The van der Waals surface area contributed by atoms with Crippen molar-refractivity contribution in [3.63, 3.8) is 0 Å². The maximum Gasteiger partial charge on any atom is 0.233 e. The standard InChI is InChI=1S/C26H25N5O2/c32-26(19-20-7-9-22(10-8-20)21-5-2-1-3-6-21)30-17-13-23(14-18-30)33-25-12-11-24(28-29-25)31-16-4-15-27-31/h1-12,15-16,23H,13-14,17-19H2. The molecule has 4 aromatic rings. The molecule has 7 heteroatoms. The first-order valence-corrected chi connectivity index (χ1v) is 11.2. The summed E-state index contributed by atoms with van der Waals surface area (Å²) in [5.41, 5.74) is 3.37. The van der Waals surface area contributed by atoms with Gasteiger partial charge in [-0.2, -0.15) is 5.10 Å². The van der Waals surface area contributed by atoms with E-state index < -0.39 is 0 Å². The zero-order valence-electron chi connectivity index (χ0n) is 18.2. The van der Waals surface area contributed by atoms with Gasteiger partial charge in [0.1, 0.15) is 6.10 Å². The third kappa shape index (κ3) is 5.09. The Morgan fingerprint density at radius 1 is 0.879 bits per heavy atom. The molecule has 0 aliphatic carbocycles. The minimum atomic E-state index is 0.0315. The molecule has 166 valence electrons. The zero-order chi connectivity index (χ0) is 22.5. The predicted octanol–water partition coefficient (Wildman–Crippen LogP) is 3.94. The summed E-state index contributed by atoms with van der Waals surface area (Å²) in [6, 6.07) is 24.0. The van der Waals surface area contributed by atoms with Crippen molar-refractivity contribution in [3.05, 3.63) is 90.8 Å². The van der Waals surface area contributed by atoms with E-state index >= 15 is 0 Å². The van der Waals surface area contributed by atoms with Gasteiger partial charge in [0, 0.05) is 44.4 Å². The number of rotatable bonds is 6. The summed E-state index contributed by atoms with van der Waals surface area (Å²) in [4.78, 5) is 14.7. The lowest BCUT2D eigenvalue weighted by atomic mass is 10.0. The number of nitrogens with zero attached hydrogens (tertiary/aromatic N) is 5. The Kier molecular flexibility index (Phi) is 6.10. The summed E-state index contributed by atoms with van der Waals surface area (Å²) < 4.78 is 7.64. The van der Waals surface area contributed by atoms with Gasteiger partial charge in [-0.15, -0.1) is 10.2 Å². The molecule has 1 aliphatic heterocycles. The van der Waals surface area contributed by atoms with E-state index in [1.54, 1.807) is 16.9 Å². The topological polar surface area (TPSA) is 73.1 Å². The van der Waals surface area contributed by atoms with E-state index in [0.717, 1.165) is 24.0 Å². The summed E-state index contributed by atoms with van der Waals surface area (Å²) in [5.74, 6) is 1.29. The van der Waals surface area contributed by atoms with Crippen LogP contribution in [0.3, 0.4) is 0 Å². The van der Waals surface area contributed by atoms with Gasteiger partial charge < -0.3 is 9.64 Å². The van der Waals surface area contributed by atoms with E-state index in [0.29, 0.717) is 31.2 Å². The average Bonchev–Trinajstić information content (AvgIpc) is 3.41. The summed E-state index contributed by atoms with van der Waals surface area (Å²) in [6.07, 6.45) is 5.52. The number of aromatic nitrogens is 4. The van der Waals surface area contributed by atoms with Crippen LogP contribution in [0.25, 0.3) is 16.9 Å². The van der Waals surface area contributed by atoms with E-state index in [2.05, 4.69) is 39.6 Å². The van der Waals surface area contributed by atoms with Crippen LogP contribution in [0.1, 0.15) is 18.4 Å². The van der Waals surface area contributed by atoms with Gasteiger partial charge in [-0.3, -0.25) is 4.79 Å². The van der Waals surface area contributed by atoms with E-state index in [4.69, 9.17) is 4.74 Å². The van der Waals surface area contributed by atoms with Crippen molar-refractivity contribution in [2.75, 3.05) is 13.1 Å². The van der Waals surface area contributed by atoms with Gasteiger partial charge in [-0.25, -0.2) is 4.68 Å². The van der Waals surface area contributed by atoms with Crippen molar-refractivity contribution in [2.45, 2.75) is 25.4 Å². The molecule has 2 aromatic carbocycles. The lowest BCUT2D eigenvalue weighted by molar-refractivity contribution is -0.132. The summed E-state index contributed by atoms with van der Waals surface area (Å²) >= 11 is 0. The Morgan fingerprint density at radius 3 is 2.30 bits per heavy atom. The van der Waals surface area contributed by atoms with Crippen molar-refractivity contribution >= 4 is 5.91 Å². The number of piperidine rings is 1. The molecule has 0 radical (unpaired) electrons. The molecule has 0 unspecified atom stereocenters. The quantitative estimate of drug-likeness (QED) is 0.455. The van der Waals surface area contributed by atoms with Gasteiger partial charge in [0.2, 0.25) is 11.8 Å². The van der Waals surface area contributed by atoms with Crippen LogP contribution in [0, 0.1) is 0 Å². The van der Waals surface area contributed by atoms with Gasteiger partial charge >= 0.3 is 0 Å². The fourth-order valence-corrected chi connectivity index (χ4v) is 4.03. The maximum absolute atomic E-state index is 12.8. The number of likely N-dealkylation sites (tertiary alicyclic amines) is 1. The summed E-state index contributed by atoms with van der Waals surface area (Å²) in [5, 5.41) is 12.5. The van der Waals surface area contributed by atoms with E-state index in [1.165, 1.54) is 5.56 Å². The lowest BCUT2D eigenvalue weighted by Crippen LogP contribution is -2.42. The minimum Gasteiger partial charge on any atom is -0.473 e. The molecular formula is C26H25N5O2. The van der Waals surface area contributed by atoms with E-state index in [1.807, 2.05) is 53.6 Å². The molecule has 0 N–H and O–H groups in total. The number of amides is 1. The Bertz CT molecular complexity index is 1170. The monoisotopic (exact) mass is 439 g/mol. The first-order valence-electron chi connectivity index (χ1n) is 11.2. The average molecular weight is 440 g/mol. The summed E-state index contributed by atoms with van der Waals surface area (Å²) in [7, 11) is 0. The van der Waals surface area contributed by atoms with Crippen molar-refractivity contribution in [1.29, 1.82) is 0 Å². The minimum absolute atomic E-state index is 0.0315. The molecule has 5 rings (SSSR count). The highest BCUT2D eigenvalue weighted by atomic mass is 16.5. The van der Waals surface area contributed by atoms with Crippen LogP contribution in [0.5, 0.6) is 5.88 Å². The highest BCUT2D eigenvalue weighted by Gasteiger charge is 2.24. The molecule has 3 heterocycles. The molecule has 1 amide bonds. The lowest BCUT2D eigenvalue weighted by Gasteiger charge is -2.32. The number of ether oxygens (including phenoxy) is 1. The molecule has 1 saturated heterocycles. The van der Waals surface area contributed by atoms with E-state index in [-0.39, 0.29) is 12.0 Å². The number of benzene rings is 2. The van der Waals surface area contributed by atoms with Crippen molar-refractivity contribution < 1.29 is 9.53 Å². The molecule has 1 aliphatic rings. The molecule has 0 atom stereocenters. The van der Waals surface area contributed by atoms with Gasteiger partial charge in [-0.05, 0) is 28.8 Å². The predicted molar refractivity (Wildman–Crippen MR) is 125 cm³/mol. The molecule has 0 bridgehead atoms. The Labute approximate surface area is 192 Å². The van der Waals surface area contributed by atoms with Crippen LogP contribution in [-0.4, -0.2) is 50.0 Å². The van der Waals surface area contributed by atoms with Crippen LogP contribution in [0.4, 0.5) is 0 Å². The Balaban J connectivity index is 1.11. The van der Waals surface area contributed by atoms with Crippen LogP contribution >= 0.6 is 0 Å². The van der Waals surface area contributed by atoms with Crippen LogP contribution in [-0.2, 0) is 11.2 Å². The third-order valence-corrected chi connectivity index (χ3v) is 5.86. The second kappa shape index (κ2) is 9.65. The van der Waals surface area contributed by atoms with Crippen LogP contribution < -0.4 is 4.74 Å². The second-order valence-corrected chi connectivity index (χ2v) is 8.12. The van der Waals surface area contributed by atoms with Crippen LogP contribution in [0.2, 0.25) is 0 Å². The van der Waals surface area contributed by atoms with E-state index in [9.17, 15) is 4.79 Å². The smallest absolute Gasteiger partial charge is 0.233 e. The number of hydrogen-bond donors (Lipinski definition) is 0. The normalized spacial score (nSPS) is 14.2. The second-order valence-electron chi connectivity index (χ2n) is 8.12. The fraction of sp³-hybridized carbons (Fsp3) is 0.231. The van der Waals surface area contributed by atoms with Gasteiger partial charge in [0.25, 0.3) is 0 Å². The molecule has 2 aromatic heterocycles. The first-order chi connectivity index (χ1) is 16.2. The zero-order valence-corrected chi connectivity index (χ0v) is 18.2. The fourth-order valence-electron chi connectivity index (χ4n) is 4.03. The first kappa shape index (κ1) is 20.9.